The van der Waals surface area contributed by atoms with Crippen molar-refractivity contribution in [1.29, 1.82) is 0 Å². The summed E-state index contributed by atoms with van der Waals surface area (Å²) in [5.41, 5.74) is 25.7. The van der Waals surface area contributed by atoms with Crippen molar-refractivity contribution in [2.75, 3.05) is 36.1 Å². The SMILES string of the molecule is Nc1cc(N)cc(C(=O)OCCCCCCOc2cc(N)c3c(=O)c(N)c(-c4ccccc4)oc3c2)c1. The van der Waals surface area contributed by atoms with Crippen molar-refractivity contribution in [3.63, 3.8) is 0 Å². The molecule has 1 heterocycles. The van der Waals surface area contributed by atoms with Crippen LogP contribution in [0.25, 0.3) is 22.3 Å². The molecular weight excluding hydrogens is 472 g/mol. The molecular formula is C28H30N4O5. The van der Waals surface area contributed by atoms with E-state index in [0.717, 1.165) is 25.7 Å². The van der Waals surface area contributed by atoms with Crippen LogP contribution in [-0.4, -0.2) is 19.2 Å². The fraction of sp³-hybridized carbons (Fsp3) is 0.214. The first-order chi connectivity index (χ1) is 17.8. The Kier molecular flexibility index (Phi) is 7.83. The van der Waals surface area contributed by atoms with E-state index in [9.17, 15) is 9.59 Å². The van der Waals surface area contributed by atoms with E-state index < -0.39 is 5.97 Å². The molecule has 0 aliphatic heterocycles. The second kappa shape index (κ2) is 11.4. The predicted octanol–water partition coefficient (Wildman–Crippen LogP) is 4.59. The van der Waals surface area contributed by atoms with Gasteiger partial charge in [0.25, 0.3) is 0 Å². The molecule has 0 aliphatic carbocycles. The molecule has 9 heteroatoms. The first-order valence-corrected chi connectivity index (χ1v) is 12.0. The zero-order valence-electron chi connectivity index (χ0n) is 20.4. The smallest absolute Gasteiger partial charge is 0.338 e. The zero-order chi connectivity index (χ0) is 26.4. The number of ether oxygens (including phenoxy) is 2. The molecule has 8 N–H and O–H groups in total. The maximum atomic E-state index is 12.8. The molecule has 0 unspecified atom stereocenters. The van der Waals surface area contributed by atoms with Crippen LogP contribution < -0.4 is 33.1 Å². The molecule has 0 fully saturated rings. The maximum Gasteiger partial charge on any atom is 0.338 e. The van der Waals surface area contributed by atoms with E-state index in [-0.39, 0.29) is 22.2 Å². The molecule has 4 rings (SSSR count). The van der Waals surface area contributed by atoms with Crippen molar-refractivity contribution in [2.24, 2.45) is 0 Å². The molecule has 3 aromatic carbocycles. The Hall–Kier alpha value is -4.66. The lowest BCUT2D eigenvalue weighted by molar-refractivity contribution is 0.0497. The van der Waals surface area contributed by atoms with Gasteiger partial charge in [0, 0.05) is 29.1 Å². The summed E-state index contributed by atoms with van der Waals surface area (Å²) in [5.74, 6) is 0.363. The van der Waals surface area contributed by atoms with Crippen molar-refractivity contribution in [1.82, 2.24) is 0 Å². The number of hydrogen-bond acceptors (Lipinski definition) is 9. The molecule has 1 aromatic heterocycles. The normalized spacial score (nSPS) is 10.9. The first-order valence-electron chi connectivity index (χ1n) is 12.0. The van der Waals surface area contributed by atoms with E-state index in [2.05, 4.69) is 0 Å². The average Bonchev–Trinajstić information content (AvgIpc) is 2.87. The molecule has 4 aromatic rings. The topological polar surface area (TPSA) is 170 Å². The Morgan fingerprint density at radius 3 is 2.19 bits per heavy atom. The number of esters is 1. The van der Waals surface area contributed by atoms with Gasteiger partial charge in [0.2, 0.25) is 5.43 Å². The number of carbonyl (C=O) groups excluding carboxylic acids is 1. The van der Waals surface area contributed by atoms with Crippen LogP contribution in [0, 0.1) is 0 Å². The number of hydrogen-bond donors (Lipinski definition) is 4. The van der Waals surface area contributed by atoms with Crippen LogP contribution in [0.4, 0.5) is 22.7 Å². The number of benzene rings is 3. The summed E-state index contributed by atoms with van der Waals surface area (Å²) in [4.78, 5) is 24.9. The highest BCUT2D eigenvalue weighted by atomic mass is 16.5. The number of carbonyl (C=O) groups is 1. The van der Waals surface area contributed by atoms with Gasteiger partial charge in [0.15, 0.2) is 5.76 Å². The molecule has 0 atom stereocenters. The third-order valence-electron chi connectivity index (χ3n) is 5.82. The summed E-state index contributed by atoms with van der Waals surface area (Å²) in [5, 5.41) is 0.236. The number of unbranched alkanes of at least 4 members (excludes halogenated alkanes) is 3. The summed E-state index contributed by atoms with van der Waals surface area (Å²) in [6, 6.07) is 17.1. The summed E-state index contributed by atoms with van der Waals surface area (Å²) < 4.78 is 17.1. The van der Waals surface area contributed by atoms with E-state index >= 15 is 0 Å². The molecule has 0 amide bonds. The van der Waals surface area contributed by atoms with Gasteiger partial charge in [-0.3, -0.25) is 4.79 Å². The van der Waals surface area contributed by atoms with Gasteiger partial charge in [-0.1, -0.05) is 30.3 Å². The summed E-state index contributed by atoms with van der Waals surface area (Å²) in [6.45, 7) is 0.763. The first kappa shape index (κ1) is 25.4. The Balaban J connectivity index is 1.27. The Bertz CT molecular complexity index is 1450. The Morgan fingerprint density at radius 2 is 1.49 bits per heavy atom. The minimum atomic E-state index is -0.444. The average molecular weight is 503 g/mol. The molecule has 192 valence electrons. The van der Waals surface area contributed by atoms with Gasteiger partial charge in [0.05, 0.1) is 29.9 Å². The van der Waals surface area contributed by atoms with E-state index in [1.807, 2.05) is 30.3 Å². The van der Waals surface area contributed by atoms with Crippen molar-refractivity contribution >= 4 is 39.7 Å². The molecule has 0 radical (unpaired) electrons. The molecule has 0 aliphatic rings. The highest BCUT2D eigenvalue weighted by Crippen LogP contribution is 2.32. The quantitative estimate of drug-likeness (QED) is 0.138. The Labute approximate surface area is 213 Å². The van der Waals surface area contributed by atoms with Gasteiger partial charge < -0.3 is 36.8 Å². The molecule has 0 saturated heterocycles. The van der Waals surface area contributed by atoms with Gasteiger partial charge in [-0.2, -0.15) is 0 Å². The zero-order valence-corrected chi connectivity index (χ0v) is 20.4. The van der Waals surface area contributed by atoms with E-state index in [1.165, 1.54) is 12.1 Å². The van der Waals surface area contributed by atoms with Crippen LogP contribution in [0.3, 0.4) is 0 Å². The van der Waals surface area contributed by atoms with Crippen molar-refractivity contribution < 1.29 is 18.7 Å². The predicted molar refractivity (Wildman–Crippen MR) is 146 cm³/mol. The molecule has 0 spiro atoms. The van der Waals surface area contributed by atoms with Crippen LogP contribution in [0.5, 0.6) is 5.75 Å². The molecule has 37 heavy (non-hydrogen) atoms. The van der Waals surface area contributed by atoms with Crippen LogP contribution in [0.2, 0.25) is 0 Å². The molecule has 9 nitrogen and oxygen atoms in total. The van der Waals surface area contributed by atoms with Gasteiger partial charge in [-0.25, -0.2) is 4.79 Å². The van der Waals surface area contributed by atoms with Crippen LogP contribution >= 0.6 is 0 Å². The third-order valence-corrected chi connectivity index (χ3v) is 5.82. The number of rotatable bonds is 10. The van der Waals surface area contributed by atoms with Gasteiger partial charge in [0.1, 0.15) is 17.0 Å². The summed E-state index contributed by atoms with van der Waals surface area (Å²) in [6.07, 6.45) is 3.26. The van der Waals surface area contributed by atoms with Crippen LogP contribution in [0.15, 0.2) is 69.9 Å². The summed E-state index contributed by atoms with van der Waals surface area (Å²) >= 11 is 0. The monoisotopic (exact) mass is 502 g/mol. The van der Waals surface area contributed by atoms with Crippen molar-refractivity contribution in [3.05, 3.63) is 76.5 Å². The minimum absolute atomic E-state index is 0.0155. The van der Waals surface area contributed by atoms with E-state index in [1.54, 1.807) is 18.2 Å². The number of fused-ring (bicyclic) bond motifs is 1. The maximum absolute atomic E-state index is 12.8. The van der Waals surface area contributed by atoms with E-state index in [0.29, 0.717) is 52.8 Å². The fourth-order valence-corrected chi connectivity index (χ4v) is 4.01. The minimum Gasteiger partial charge on any atom is -0.493 e. The number of nitrogens with two attached hydrogens (primary N) is 4. The van der Waals surface area contributed by atoms with Crippen LogP contribution in [-0.2, 0) is 4.74 Å². The standard InChI is InChI=1S/C28H30N4O5/c29-19-12-18(13-20(30)14-19)28(34)36-11-7-2-1-6-10-35-21-15-22(31)24-23(16-21)37-27(25(32)26(24)33)17-8-4-3-5-9-17/h3-5,8-9,12-16H,1-2,6-7,10-11,29-32H2. The van der Waals surface area contributed by atoms with Gasteiger partial charge in [-0.15, -0.1) is 0 Å². The van der Waals surface area contributed by atoms with E-state index in [4.69, 9.17) is 36.8 Å². The lowest BCUT2D eigenvalue weighted by atomic mass is 10.1. The highest BCUT2D eigenvalue weighted by molar-refractivity contribution is 5.94. The van der Waals surface area contributed by atoms with Crippen molar-refractivity contribution in [2.45, 2.75) is 25.7 Å². The second-order valence-corrected chi connectivity index (χ2v) is 8.71. The Morgan fingerprint density at radius 1 is 0.811 bits per heavy atom. The lowest BCUT2D eigenvalue weighted by Crippen LogP contribution is -2.12. The molecule has 0 saturated carbocycles. The van der Waals surface area contributed by atoms with Gasteiger partial charge in [-0.05, 0) is 43.9 Å². The summed E-state index contributed by atoms with van der Waals surface area (Å²) in [7, 11) is 0. The third kappa shape index (κ3) is 6.13. The van der Waals surface area contributed by atoms with Crippen LogP contribution in [0.1, 0.15) is 36.0 Å². The molecule has 0 bridgehead atoms. The largest absolute Gasteiger partial charge is 0.493 e. The lowest BCUT2D eigenvalue weighted by Gasteiger charge is -2.11. The van der Waals surface area contributed by atoms with Crippen molar-refractivity contribution in [3.8, 4) is 17.1 Å². The number of anilines is 4. The highest BCUT2D eigenvalue weighted by Gasteiger charge is 2.16. The number of nitrogen functional groups attached to an aromatic ring is 4. The second-order valence-electron chi connectivity index (χ2n) is 8.71. The fourth-order valence-electron chi connectivity index (χ4n) is 4.01. The van der Waals surface area contributed by atoms with Gasteiger partial charge >= 0.3 is 5.97 Å².